The fourth-order valence-corrected chi connectivity index (χ4v) is 3.60. The van der Waals surface area contributed by atoms with Gasteiger partial charge in [-0.15, -0.1) is 0 Å². The van der Waals surface area contributed by atoms with Crippen molar-refractivity contribution in [2.45, 2.75) is 70.1 Å². The van der Waals surface area contributed by atoms with Crippen LogP contribution in [0.1, 0.15) is 51.9 Å². The topological polar surface area (TPSA) is 15.3 Å². The number of alkyl halides is 3. The summed E-state index contributed by atoms with van der Waals surface area (Å²) in [6.07, 6.45) is 2.44. The maximum Gasteiger partial charge on any atom is 0.393 e. The maximum absolute atomic E-state index is 12.8. The Bertz CT molecular complexity index is 285. The summed E-state index contributed by atoms with van der Waals surface area (Å²) in [6, 6.07) is 0.953. The predicted octanol–water partition coefficient (Wildman–Crippen LogP) is 3.57. The summed E-state index contributed by atoms with van der Waals surface area (Å²) in [5.74, 6) is -1.10. The Hall–Kier alpha value is -0.290. The number of hydrogen-bond donors (Lipinski definition) is 1. The molecule has 2 aliphatic rings. The Morgan fingerprint density at radius 3 is 2.40 bits per heavy atom. The van der Waals surface area contributed by atoms with E-state index in [2.05, 4.69) is 17.1 Å². The van der Waals surface area contributed by atoms with Gasteiger partial charge in [0.2, 0.25) is 0 Å². The van der Waals surface area contributed by atoms with Crippen LogP contribution in [0.5, 0.6) is 0 Å². The molecule has 1 N–H and O–H groups in total. The van der Waals surface area contributed by atoms with Crippen LogP contribution in [0.2, 0.25) is 0 Å². The van der Waals surface area contributed by atoms with Crippen LogP contribution in [0.4, 0.5) is 13.2 Å². The summed E-state index contributed by atoms with van der Waals surface area (Å²) < 4.78 is 38.5. The molecule has 20 heavy (non-hydrogen) atoms. The molecule has 0 aromatic rings. The van der Waals surface area contributed by atoms with Crippen LogP contribution in [0.25, 0.3) is 0 Å². The molecule has 1 saturated carbocycles. The number of rotatable bonds is 4. The van der Waals surface area contributed by atoms with E-state index in [1.54, 1.807) is 0 Å². The molecule has 2 fully saturated rings. The highest BCUT2D eigenvalue weighted by Crippen LogP contribution is 2.35. The van der Waals surface area contributed by atoms with Crippen LogP contribution in [0, 0.1) is 5.92 Å². The first kappa shape index (κ1) is 16.1. The van der Waals surface area contributed by atoms with Crippen molar-refractivity contribution in [1.29, 1.82) is 0 Å². The van der Waals surface area contributed by atoms with Crippen LogP contribution >= 0.6 is 0 Å². The third-order valence-electron chi connectivity index (χ3n) is 4.81. The highest BCUT2D eigenvalue weighted by molar-refractivity contribution is 4.87. The van der Waals surface area contributed by atoms with Crippen molar-refractivity contribution in [3.05, 3.63) is 0 Å². The summed E-state index contributed by atoms with van der Waals surface area (Å²) in [7, 11) is 0. The molecule has 0 aromatic carbocycles. The van der Waals surface area contributed by atoms with E-state index in [1.165, 1.54) is 0 Å². The quantitative estimate of drug-likeness (QED) is 0.852. The van der Waals surface area contributed by atoms with Crippen LogP contribution in [-0.4, -0.2) is 42.8 Å². The van der Waals surface area contributed by atoms with Crippen LogP contribution in [0.15, 0.2) is 0 Å². The van der Waals surface area contributed by atoms with E-state index in [9.17, 15) is 13.2 Å². The summed E-state index contributed by atoms with van der Waals surface area (Å²) in [6.45, 7) is 4.28. The van der Waals surface area contributed by atoms with Gasteiger partial charge in [-0.05, 0) is 58.0 Å². The van der Waals surface area contributed by atoms with Crippen molar-refractivity contribution < 1.29 is 13.2 Å². The van der Waals surface area contributed by atoms with Crippen LogP contribution in [0.3, 0.4) is 0 Å². The van der Waals surface area contributed by atoms with Gasteiger partial charge in [0.05, 0.1) is 5.92 Å². The molecule has 2 rings (SSSR count). The normalized spacial score (nSPS) is 33.3. The SMILES string of the molecule is CCCNC1CCC(N2CCCC(C(F)(F)F)C2)CC1. The molecular weight excluding hydrogens is 265 g/mol. The Balaban J connectivity index is 1.78. The number of likely N-dealkylation sites (tertiary alicyclic amines) is 1. The molecule has 0 amide bonds. The Morgan fingerprint density at radius 1 is 1.10 bits per heavy atom. The van der Waals surface area contributed by atoms with Crippen molar-refractivity contribution in [1.82, 2.24) is 10.2 Å². The molecule has 1 saturated heterocycles. The highest BCUT2D eigenvalue weighted by atomic mass is 19.4. The zero-order chi connectivity index (χ0) is 14.6. The van der Waals surface area contributed by atoms with Gasteiger partial charge in [-0.1, -0.05) is 6.92 Å². The van der Waals surface area contributed by atoms with E-state index in [0.717, 1.165) is 45.2 Å². The summed E-state index contributed by atoms with van der Waals surface area (Å²) in [5, 5.41) is 3.53. The van der Waals surface area contributed by atoms with Gasteiger partial charge in [0, 0.05) is 18.6 Å². The Kier molecular flexibility index (Phi) is 5.73. The molecule has 118 valence electrons. The van der Waals surface area contributed by atoms with E-state index in [-0.39, 0.29) is 6.54 Å². The molecule has 0 spiro atoms. The molecule has 0 aromatic heterocycles. The zero-order valence-electron chi connectivity index (χ0n) is 12.4. The fourth-order valence-electron chi connectivity index (χ4n) is 3.60. The first-order chi connectivity index (χ1) is 9.50. The van der Waals surface area contributed by atoms with Crippen molar-refractivity contribution in [3.8, 4) is 0 Å². The molecule has 1 aliphatic carbocycles. The first-order valence-corrected chi connectivity index (χ1v) is 8.05. The van der Waals surface area contributed by atoms with Crippen molar-refractivity contribution >= 4 is 0 Å². The molecule has 1 atom stereocenters. The van der Waals surface area contributed by atoms with E-state index in [1.807, 2.05) is 0 Å². The average molecular weight is 292 g/mol. The second-order valence-electron chi connectivity index (χ2n) is 6.34. The van der Waals surface area contributed by atoms with E-state index in [0.29, 0.717) is 24.9 Å². The van der Waals surface area contributed by atoms with Gasteiger partial charge in [-0.3, -0.25) is 4.90 Å². The minimum Gasteiger partial charge on any atom is -0.314 e. The molecule has 0 radical (unpaired) electrons. The fraction of sp³-hybridized carbons (Fsp3) is 1.00. The van der Waals surface area contributed by atoms with E-state index in [4.69, 9.17) is 0 Å². The van der Waals surface area contributed by atoms with Crippen molar-refractivity contribution in [3.63, 3.8) is 0 Å². The zero-order valence-corrected chi connectivity index (χ0v) is 12.4. The smallest absolute Gasteiger partial charge is 0.314 e. The second kappa shape index (κ2) is 7.12. The summed E-state index contributed by atoms with van der Waals surface area (Å²) >= 11 is 0. The van der Waals surface area contributed by atoms with Gasteiger partial charge < -0.3 is 5.32 Å². The minimum absolute atomic E-state index is 0.223. The van der Waals surface area contributed by atoms with Crippen molar-refractivity contribution in [2.75, 3.05) is 19.6 Å². The largest absolute Gasteiger partial charge is 0.393 e. The molecule has 1 heterocycles. The summed E-state index contributed by atoms with van der Waals surface area (Å²) in [5.41, 5.74) is 0. The third-order valence-corrected chi connectivity index (χ3v) is 4.81. The number of nitrogens with zero attached hydrogens (tertiary/aromatic N) is 1. The lowest BCUT2D eigenvalue weighted by Gasteiger charge is -2.41. The van der Waals surface area contributed by atoms with Crippen LogP contribution < -0.4 is 5.32 Å². The maximum atomic E-state index is 12.8. The first-order valence-electron chi connectivity index (χ1n) is 8.05. The van der Waals surface area contributed by atoms with Gasteiger partial charge in [0.25, 0.3) is 0 Å². The Labute approximate surface area is 120 Å². The molecular formula is C15H27F3N2. The van der Waals surface area contributed by atoms with Gasteiger partial charge in [-0.25, -0.2) is 0 Å². The lowest BCUT2D eigenvalue weighted by Crippen LogP contribution is -2.49. The standard InChI is InChI=1S/C15H27F3N2/c1-2-9-19-13-5-7-14(8-6-13)20-10-3-4-12(11-20)15(16,17)18/h12-14,19H,2-11H2,1H3. The highest BCUT2D eigenvalue weighted by Gasteiger charge is 2.43. The monoisotopic (exact) mass is 292 g/mol. The summed E-state index contributed by atoms with van der Waals surface area (Å²) in [4.78, 5) is 2.11. The molecule has 1 aliphatic heterocycles. The number of hydrogen-bond acceptors (Lipinski definition) is 2. The average Bonchev–Trinajstić information content (AvgIpc) is 2.45. The number of piperidine rings is 1. The van der Waals surface area contributed by atoms with Gasteiger partial charge >= 0.3 is 6.18 Å². The molecule has 2 nitrogen and oxygen atoms in total. The van der Waals surface area contributed by atoms with Gasteiger partial charge in [0.1, 0.15) is 0 Å². The third kappa shape index (κ3) is 4.35. The molecule has 1 unspecified atom stereocenters. The van der Waals surface area contributed by atoms with E-state index >= 15 is 0 Å². The van der Waals surface area contributed by atoms with Gasteiger partial charge in [-0.2, -0.15) is 13.2 Å². The van der Waals surface area contributed by atoms with Crippen molar-refractivity contribution in [2.24, 2.45) is 5.92 Å². The lowest BCUT2D eigenvalue weighted by molar-refractivity contribution is -0.189. The van der Waals surface area contributed by atoms with Crippen LogP contribution in [-0.2, 0) is 0 Å². The van der Waals surface area contributed by atoms with E-state index < -0.39 is 12.1 Å². The predicted molar refractivity (Wildman–Crippen MR) is 74.7 cm³/mol. The number of nitrogens with one attached hydrogen (secondary N) is 1. The Morgan fingerprint density at radius 2 is 1.80 bits per heavy atom. The van der Waals surface area contributed by atoms with Gasteiger partial charge in [0.15, 0.2) is 0 Å². The molecule has 0 bridgehead atoms. The number of halogens is 3. The second-order valence-corrected chi connectivity index (χ2v) is 6.34. The lowest BCUT2D eigenvalue weighted by atomic mass is 9.87. The minimum atomic E-state index is -4.02. The molecule has 5 heteroatoms.